The van der Waals surface area contributed by atoms with Crippen molar-refractivity contribution in [3.63, 3.8) is 0 Å². The van der Waals surface area contributed by atoms with Crippen LogP contribution in [-0.2, 0) is 14.1 Å². The second kappa shape index (κ2) is 7.06. The Bertz CT molecular complexity index is 917. The van der Waals surface area contributed by atoms with E-state index >= 15 is 0 Å². The molecular formula is C23H28N3+. The lowest BCUT2D eigenvalue weighted by Crippen LogP contribution is -2.31. The molecule has 3 heteroatoms. The van der Waals surface area contributed by atoms with Crippen molar-refractivity contribution in [2.45, 2.75) is 44.9 Å². The summed E-state index contributed by atoms with van der Waals surface area (Å²) >= 11 is 0. The predicted molar refractivity (Wildman–Crippen MR) is 106 cm³/mol. The zero-order valence-electron chi connectivity index (χ0n) is 16.1. The fourth-order valence-corrected chi connectivity index (χ4v) is 4.32. The Labute approximate surface area is 156 Å². The van der Waals surface area contributed by atoms with Gasteiger partial charge in [-0.3, -0.25) is 0 Å². The summed E-state index contributed by atoms with van der Waals surface area (Å²) in [5, 5.41) is 0. The van der Waals surface area contributed by atoms with Crippen LogP contribution < -0.4 is 4.57 Å². The molecule has 0 amide bonds. The molecule has 2 heterocycles. The van der Waals surface area contributed by atoms with Gasteiger partial charge in [-0.15, -0.1) is 0 Å². The molecule has 0 saturated heterocycles. The molecule has 1 aliphatic carbocycles. The molecule has 0 radical (unpaired) electrons. The molecule has 0 aliphatic heterocycles. The van der Waals surface area contributed by atoms with Crippen LogP contribution in [0.3, 0.4) is 0 Å². The summed E-state index contributed by atoms with van der Waals surface area (Å²) in [6.45, 7) is 2.21. The fraction of sp³-hybridized carbons (Fsp3) is 0.391. The Morgan fingerprint density at radius 3 is 2.58 bits per heavy atom. The van der Waals surface area contributed by atoms with Gasteiger partial charge < -0.3 is 4.57 Å². The predicted octanol–water partition coefficient (Wildman–Crippen LogP) is 4.93. The second-order valence-corrected chi connectivity index (χ2v) is 7.63. The maximum Gasteiger partial charge on any atom is 0.212 e. The van der Waals surface area contributed by atoms with Crippen LogP contribution in [0.15, 0.2) is 48.9 Å². The highest BCUT2D eigenvalue weighted by Crippen LogP contribution is 2.35. The van der Waals surface area contributed by atoms with Crippen molar-refractivity contribution in [3.05, 3.63) is 60.0 Å². The number of nitrogens with zero attached hydrogens (tertiary/aromatic N) is 3. The molecule has 3 aromatic rings. The summed E-state index contributed by atoms with van der Waals surface area (Å²) in [7, 11) is 4.20. The van der Waals surface area contributed by atoms with E-state index in [1.807, 2.05) is 12.4 Å². The smallest absolute Gasteiger partial charge is 0.212 e. The molecule has 1 fully saturated rings. The molecule has 1 aromatic carbocycles. The normalized spacial score (nSPS) is 15.3. The van der Waals surface area contributed by atoms with Crippen molar-refractivity contribution >= 4 is 0 Å². The number of pyridine rings is 1. The lowest BCUT2D eigenvalue weighted by molar-refractivity contribution is -0.660. The van der Waals surface area contributed by atoms with Gasteiger partial charge in [-0.2, -0.15) is 0 Å². The molecule has 1 saturated carbocycles. The van der Waals surface area contributed by atoms with E-state index in [1.54, 1.807) is 0 Å². The monoisotopic (exact) mass is 346 g/mol. The first-order valence-electron chi connectivity index (χ1n) is 9.72. The maximum atomic E-state index is 4.55. The average Bonchev–Trinajstić information content (AvgIpc) is 3.09. The minimum Gasteiger partial charge on any atom is -0.334 e. The molecule has 0 atom stereocenters. The summed E-state index contributed by atoms with van der Waals surface area (Å²) in [5.74, 6) is 1.75. The van der Waals surface area contributed by atoms with Crippen LogP contribution in [0.5, 0.6) is 0 Å². The zero-order valence-corrected chi connectivity index (χ0v) is 16.1. The Kier molecular flexibility index (Phi) is 4.62. The Morgan fingerprint density at radius 2 is 1.85 bits per heavy atom. The van der Waals surface area contributed by atoms with Crippen molar-refractivity contribution in [3.8, 4) is 22.6 Å². The largest absolute Gasteiger partial charge is 0.334 e. The van der Waals surface area contributed by atoms with E-state index in [4.69, 9.17) is 0 Å². The number of aryl methyl sites for hydroxylation is 2. The van der Waals surface area contributed by atoms with E-state index < -0.39 is 0 Å². The van der Waals surface area contributed by atoms with Crippen LogP contribution in [-0.4, -0.2) is 9.55 Å². The van der Waals surface area contributed by atoms with Gasteiger partial charge in [0.25, 0.3) is 0 Å². The molecule has 0 bridgehead atoms. The lowest BCUT2D eigenvalue weighted by atomic mass is 9.84. The second-order valence-electron chi connectivity index (χ2n) is 7.63. The van der Waals surface area contributed by atoms with E-state index in [-0.39, 0.29) is 0 Å². The fourth-order valence-electron chi connectivity index (χ4n) is 4.32. The molecule has 4 rings (SSSR count). The molecule has 134 valence electrons. The molecule has 2 aromatic heterocycles. The molecule has 0 unspecified atom stereocenters. The van der Waals surface area contributed by atoms with Gasteiger partial charge in [0, 0.05) is 42.7 Å². The lowest BCUT2D eigenvalue weighted by Gasteiger charge is -2.22. The van der Waals surface area contributed by atoms with Gasteiger partial charge in [-0.25, -0.2) is 9.55 Å². The summed E-state index contributed by atoms with van der Waals surface area (Å²) < 4.78 is 4.33. The van der Waals surface area contributed by atoms with Gasteiger partial charge in [-0.1, -0.05) is 31.4 Å². The third-order valence-corrected chi connectivity index (χ3v) is 5.92. The topological polar surface area (TPSA) is 21.7 Å². The minimum atomic E-state index is 0.724. The van der Waals surface area contributed by atoms with Crippen LogP contribution in [0.2, 0.25) is 0 Å². The number of imidazole rings is 1. The Balaban J connectivity index is 1.79. The summed E-state index contributed by atoms with van der Waals surface area (Å²) in [5.41, 5.74) is 6.59. The van der Waals surface area contributed by atoms with Crippen LogP contribution in [0.1, 0.15) is 49.1 Å². The molecule has 0 spiro atoms. The van der Waals surface area contributed by atoms with Gasteiger partial charge in [-0.05, 0) is 42.9 Å². The van der Waals surface area contributed by atoms with E-state index in [0.717, 1.165) is 11.7 Å². The first-order chi connectivity index (χ1) is 12.6. The highest BCUT2D eigenvalue weighted by atomic mass is 15.0. The number of aromatic nitrogens is 3. The third-order valence-electron chi connectivity index (χ3n) is 5.92. The van der Waals surface area contributed by atoms with Gasteiger partial charge in [0.15, 0.2) is 6.20 Å². The van der Waals surface area contributed by atoms with E-state index in [9.17, 15) is 0 Å². The zero-order chi connectivity index (χ0) is 18.1. The van der Waals surface area contributed by atoms with Crippen LogP contribution in [0, 0.1) is 6.92 Å². The highest BCUT2D eigenvalue weighted by molar-refractivity contribution is 5.73. The SMILES string of the molecule is Cc1c(-c2nccn2C)cccc1-c1cc(C2CCCCC2)cc[n+]1C. The number of hydrogen-bond acceptors (Lipinski definition) is 1. The van der Waals surface area contributed by atoms with Gasteiger partial charge in [0.2, 0.25) is 5.69 Å². The third kappa shape index (κ3) is 3.07. The van der Waals surface area contributed by atoms with Crippen LogP contribution >= 0.6 is 0 Å². The molecule has 3 nitrogen and oxygen atoms in total. The summed E-state index contributed by atoms with van der Waals surface area (Å²) in [6, 6.07) is 11.3. The highest BCUT2D eigenvalue weighted by Gasteiger charge is 2.21. The first kappa shape index (κ1) is 17.0. The minimum absolute atomic E-state index is 0.724. The quantitative estimate of drug-likeness (QED) is 0.616. The first-order valence-corrected chi connectivity index (χ1v) is 9.72. The molecular weight excluding hydrogens is 318 g/mol. The summed E-state index contributed by atoms with van der Waals surface area (Å²) in [4.78, 5) is 4.55. The molecule has 0 N–H and O–H groups in total. The number of rotatable bonds is 3. The van der Waals surface area contributed by atoms with Crippen LogP contribution in [0.25, 0.3) is 22.6 Å². The molecule has 26 heavy (non-hydrogen) atoms. The maximum absolute atomic E-state index is 4.55. The van der Waals surface area contributed by atoms with Crippen LogP contribution in [0.4, 0.5) is 0 Å². The number of hydrogen-bond donors (Lipinski definition) is 0. The van der Waals surface area contributed by atoms with E-state index in [0.29, 0.717) is 0 Å². The van der Waals surface area contributed by atoms with Crippen molar-refractivity contribution in [2.75, 3.05) is 0 Å². The van der Waals surface area contributed by atoms with Crippen molar-refractivity contribution in [1.82, 2.24) is 9.55 Å². The van der Waals surface area contributed by atoms with Crippen molar-refractivity contribution in [2.24, 2.45) is 14.1 Å². The van der Waals surface area contributed by atoms with E-state index in [2.05, 4.69) is 71.7 Å². The average molecular weight is 346 g/mol. The standard InChI is InChI=1S/C23H28N3/c1-17-20(10-7-11-21(17)23-24-13-15-26(23)3)22-16-19(12-14-25(22)2)18-8-5-4-6-9-18/h7,10-16,18H,4-6,8-9H2,1-3H3/q+1. The van der Waals surface area contributed by atoms with Gasteiger partial charge >= 0.3 is 0 Å². The van der Waals surface area contributed by atoms with Crippen molar-refractivity contribution in [1.29, 1.82) is 0 Å². The van der Waals surface area contributed by atoms with Gasteiger partial charge in [0.1, 0.15) is 12.9 Å². The van der Waals surface area contributed by atoms with Gasteiger partial charge in [0.05, 0.1) is 0 Å². The Morgan fingerprint density at radius 1 is 1.08 bits per heavy atom. The molecule has 1 aliphatic rings. The Hall–Kier alpha value is -2.42. The van der Waals surface area contributed by atoms with Crippen molar-refractivity contribution < 1.29 is 4.57 Å². The summed E-state index contributed by atoms with van der Waals surface area (Å²) in [6.07, 6.45) is 12.9. The van der Waals surface area contributed by atoms with E-state index in [1.165, 1.54) is 60.1 Å². The number of benzene rings is 1.